The lowest BCUT2D eigenvalue weighted by molar-refractivity contribution is -0.117. The summed E-state index contributed by atoms with van der Waals surface area (Å²) in [5, 5.41) is 0.953. The average molecular weight is 392 g/mol. The molecule has 138 valence electrons. The van der Waals surface area contributed by atoms with Crippen molar-refractivity contribution in [3.63, 3.8) is 0 Å². The van der Waals surface area contributed by atoms with Gasteiger partial charge in [0.1, 0.15) is 5.78 Å². The molecule has 0 saturated carbocycles. The van der Waals surface area contributed by atoms with Crippen LogP contribution in [0.2, 0.25) is 10.0 Å². The molecule has 2 rings (SSSR count). The maximum absolute atomic E-state index is 11.1. The Morgan fingerprint density at radius 3 is 2.50 bits per heavy atom. The van der Waals surface area contributed by atoms with Gasteiger partial charge in [-0.05, 0) is 48.6 Å². The van der Waals surface area contributed by atoms with E-state index in [-0.39, 0.29) is 11.7 Å². The SMILES string of the molecule is CCCc1cc(Cl)c(Oc2ccc(/C=C/[C@H](C)CC(C)=O)cn2)c(Cl)c1. The molecule has 0 radical (unpaired) electrons. The van der Waals surface area contributed by atoms with Crippen LogP contribution in [0.15, 0.2) is 36.5 Å². The molecular weight excluding hydrogens is 369 g/mol. The van der Waals surface area contributed by atoms with E-state index < -0.39 is 0 Å². The van der Waals surface area contributed by atoms with Gasteiger partial charge in [-0.1, -0.05) is 55.6 Å². The van der Waals surface area contributed by atoms with E-state index in [1.54, 1.807) is 19.2 Å². The predicted molar refractivity (Wildman–Crippen MR) is 108 cm³/mol. The fourth-order valence-corrected chi connectivity index (χ4v) is 3.20. The molecule has 1 atom stereocenters. The summed E-state index contributed by atoms with van der Waals surface area (Å²) in [4.78, 5) is 15.4. The summed E-state index contributed by atoms with van der Waals surface area (Å²) in [5.41, 5.74) is 2.02. The van der Waals surface area contributed by atoms with E-state index in [0.29, 0.717) is 28.1 Å². The number of hydrogen-bond acceptors (Lipinski definition) is 3. The number of pyridine rings is 1. The van der Waals surface area contributed by atoms with Gasteiger partial charge >= 0.3 is 0 Å². The number of ketones is 1. The number of aryl methyl sites for hydroxylation is 1. The van der Waals surface area contributed by atoms with E-state index in [1.807, 2.05) is 37.3 Å². The molecule has 0 fully saturated rings. The molecule has 0 spiro atoms. The van der Waals surface area contributed by atoms with Gasteiger partial charge in [0.05, 0.1) is 10.0 Å². The number of ether oxygens (including phenoxy) is 1. The second-order valence-electron chi connectivity index (χ2n) is 6.41. The van der Waals surface area contributed by atoms with Crippen LogP contribution in [0.5, 0.6) is 11.6 Å². The molecule has 0 bridgehead atoms. The zero-order valence-electron chi connectivity index (χ0n) is 15.3. The van der Waals surface area contributed by atoms with Gasteiger partial charge in [0.2, 0.25) is 5.88 Å². The number of rotatable bonds is 8. The predicted octanol–water partition coefficient (Wildman–Crippen LogP) is 6.76. The highest BCUT2D eigenvalue weighted by molar-refractivity contribution is 6.37. The minimum Gasteiger partial charge on any atom is -0.436 e. The second-order valence-corrected chi connectivity index (χ2v) is 7.23. The zero-order chi connectivity index (χ0) is 19.1. The van der Waals surface area contributed by atoms with Gasteiger partial charge in [0, 0.05) is 18.7 Å². The Balaban J connectivity index is 2.08. The van der Waals surface area contributed by atoms with Crippen LogP contribution in [-0.4, -0.2) is 10.8 Å². The van der Waals surface area contributed by atoms with Crippen molar-refractivity contribution < 1.29 is 9.53 Å². The van der Waals surface area contributed by atoms with Crippen LogP contribution in [0.4, 0.5) is 0 Å². The first-order valence-electron chi connectivity index (χ1n) is 8.68. The van der Waals surface area contributed by atoms with Gasteiger partial charge < -0.3 is 9.53 Å². The number of aromatic nitrogens is 1. The molecule has 0 amide bonds. The average Bonchev–Trinajstić information content (AvgIpc) is 2.57. The summed E-state index contributed by atoms with van der Waals surface area (Å²) < 4.78 is 5.76. The largest absolute Gasteiger partial charge is 0.436 e. The quantitative estimate of drug-likeness (QED) is 0.498. The molecule has 26 heavy (non-hydrogen) atoms. The number of benzene rings is 1. The molecule has 1 aromatic carbocycles. The van der Waals surface area contributed by atoms with Crippen LogP contribution in [0.25, 0.3) is 6.08 Å². The second kappa shape index (κ2) is 9.75. The Kier molecular flexibility index (Phi) is 7.67. The smallest absolute Gasteiger partial charge is 0.219 e. The fourth-order valence-electron chi connectivity index (χ4n) is 2.60. The van der Waals surface area contributed by atoms with Gasteiger partial charge in [0.15, 0.2) is 5.75 Å². The summed E-state index contributed by atoms with van der Waals surface area (Å²) in [7, 11) is 0. The Morgan fingerprint density at radius 1 is 1.27 bits per heavy atom. The number of carbonyl (C=O) groups excluding carboxylic acids is 1. The van der Waals surface area contributed by atoms with Crippen LogP contribution in [0, 0.1) is 5.92 Å². The number of allylic oxidation sites excluding steroid dienone is 1. The van der Waals surface area contributed by atoms with Gasteiger partial charge in [-0.25, -0.2) is 4.98 Å². The van der Waals surface area contributed by atoms with E-state index in [0.717, 1.165) is 24.0 Å². The number of carbonyl (C=O) groups is 1. The summed E-state index contributed by atoms with van der Waals surface area (Å²) in [6.07, 6.45) is 8.13. The van der Waals surface area contributed by atoms with Crippen molar-refractivity contribution in [2.75, 3.05) is 0 Å². The van der Waals surface area contributed by atoms with E-state index in [2.05, 4.69) is 11.9 Å². The molecule has 5 heteroatoms. The van der Waals surface area contributed by atoms with Crippen LogP contribution >= 0.6 is 23.2 Å². The molecule has 1 aromatic heterocycles. The lowest BCUT2D eigenvalue weighted by atomic mass is 10.0. The maximum Gasteiger partial charge on any atom is 0.219 e. The highest BCUT2D eigenvalue weighted by Crippen LogP contribution is 2.37. The monoisotopic (exact) mass is 391 g/mol. The standard InChI is InChI=1S/C21H23Cl2NO2/c1-4-5-17-11-18(22)21(19(23)12-17)26-20-9-8-16(13-24-20)7-6-14(2)10-15(3)25/h6-9,11-14H,4-5,10H2,1-3H3/b7-6+/t14-/m0/s1. The number of nitrogens with zero attached hydrogens (tertiary/aromatic N) is 1. The van der Waals surface area contributed by atoms with Crippen molar-refractivity contribution in [1.29, 1.82) is 0 Å². The maximum atomic E-state index is 11.1. The Bertz CT molecular complexity index is 762. The molecule has 2 aromatic rings. The van der Waals surface area contributed by atoms with E-state index >= 15 is 0 Å². The van der Waals surface area contributed by atoms with Gasteiger partial charge in [-0.15, -0.1) is 0 Å². The van der Waals surface area contributed by atoms with Crippen LogP contribution < -0.4 is 4.74 Å². The topological polar surface area (TPSA) is 39.2 Å². The first-order chi connectivity index (χ1) is 12.4. The number of halogens is 2. The minimum atomic E-state index is 0.183. The molecule has 0 saturated heterocycles. The van der Waals surface area contributed by atoms with E-state index in [4.69, 9.17) is 27.9 Å². The fraction of sp³-hybridized carbons (Fsp3) is 0.333. The molecule has 0 aliphatic heterocycles. The van der Waals surface area contributed by atoms with Gasteiger partial charge in [0.25, 0.3) is 0 Å². The lowest BCUT2D eigenvalue weighted by Crippen LogP contribution is -1.97. The minimum absolute atomic E-state index is 0.183. The van der Waals surface area contributed by atoms with Crippen molar-refractivity contribution in [2.45, 2.75) is 40.0 Å². The molecule has 0 N–H and O–H groups in total. The first-order valence-corrected chi connectivity index (χ1v) is 9.44. The van der Waals surface area contributed by atoms with E-state index in [9.17, 15) is 4.79 Å². The van der Waals surface area contributed by atoms with Gasteiger partial charge in [-0.3, -0.25) is 0 Å². The zero-order valence-corrected chi connectivity index (χ0v) is 16.8. The Morgan fingerprint density at radius 2 is 1.96 bits per heavy atom. The normalized spacial score (nSPS) is 12.3. The molecule has 1 heterocycles. The van der Waals surface area contributed by atoms with Crippen molar-refractivity contribution in [1.82, 2.24) is 4.98 Å². The number of hydrogen-bond donors (Lipinski definition) is 0. The first kappa shape index (κ1) is 20.5. The van der Waals surface area contributed by atoms with Gasteiger partial charge in [-0.2, -0.15) is 0 Å². The highest BCUT2D eigenvalue weighted by Gasteiger charge is 2.11. The van der Waals surface area contributed by atoms with E-state index in [1.165, 1.54) is 0 Å². The summed E-state index contributed by atoms with van der Waals surface area (Å²) in [5.74, 6) is 1.22. The Labute approximate surface area is 165 Å². The summed E-state index contributed by atoms with van der Waals surface area (Å²) >= 11 is 12.6. The number of Topliss-reactive ketones (excluding diaryl/α,β-unsaturated/α-hetero) is 1. The van der Waals surface area contributed by atoms with Crippen LogP contribution in [-0.2, 0) is 11.2 Å². The highest BCUT2D eigenvalue weighted by atomic mass is 35.5. The Hall–Kier alpha value is -1.84. The third-order valence-corrected chi connectivity index (χ3v) is 4.35. The lowest BCUT2D eigenvalue weighted by Gasteiger charge is -2.11. The molecule has 0 aliphatic carbocycles. The summed E-state index contributed by atoms with van der Waals surface area (Å²) in [6.45, 7) is 5.71. The molecule has 0 unspecified atom stereocenters. The third-order valence-electron chi connectivity index (χ3n) is 3.79. The third kappa shape index (κ3) is 6.15. The van der Waals surface area contributed by atoms with Crippen LogP contribution in [0.3, 0.4) is 0 Å². The molecule has 0 aliphatic rings. The van der Waals surface area contributed by atoms with Crippen molar-refractivity contribution >= 4 is 35.1 Å². The summed E-state index contributed by atoms with van der Waals surface area (Å²) in [6, 6.07) is 7.41. The van der Waals surface area contributed by atoms with Crippen molar-refractivity contribution in [2.24, 2.45) is 5.92 Å². The van der Waals surface area contributed by atoms with Crippen molar-refractivity contribution in [3.05, 3.63) is 57.7 Å². The van der Waals surface area contributed by atoms with Crippen LogP contribution in [0.1, 0.15) is 44.7 Å². The van der Waals surface area contributed by atoms with Crippen molar-refractivity contribution in [3.8, 4) is 11.6 Å². The molecule has 3 nitrogen and oxygen atoms in total. The molecular formula is C21H23Cl2NO2.